The SMILES string of the molecule is COC(=O)c1cc(CN2CCCC(C)(O)CC2)oc1C. The van der Waals surface area contributed by atoms with E-state index in [1.807, 2.05) is 6.92 Å². The summed E-state index contributed by atoms with van der Waals surface area (Å²) in [5, 5.41) is 10.1. The Bertz CT molecular complexity index is 478. The summed E-state index contributed by atoms with van der Waals surface area (Å²) in [6, 6.07) is 1.75. The largest absolute Gasteiger partial charge is 0.465 e. The Morgan fingerprint density at radius 1 is 1.50 bits per heavy atom. The van der Waals surface area contributed by atoms with Crippen molar-refractivity contribution in [2.45, 2.75) is 45.3 Å². The topological polar surface area (TPSA) is 62.9 Å². The molecule has 5 heteroatoms. The maximum Gasteiger partial charge on any atom is 0.341 e. The van der Waals surface area contributed by atoms with Crippen molar-refractivity contribution in [3.05, 3.63) is 23.2 Å². The van der Waals surface area contributed by atoms with Crippen LogP contribution in [-0.2, 0) is 11.3 Å². The van der Waals surface area contributed by atoms with Gasteiger partial charge < -0.3 is 14.3 Å². The number of hydrogen-bond acceptors (Lipinski definition) is 5. The van der Waals surface area contributed by atoms with Crippen molar-refractivity contribution in [2.75, 3.05) is 20.2 Å². The second-order valence-corrected chi connectivity index (χ2v) is 5.80. The molecule has 1 aromatic rings. The first-order valence-corrected chi connectivity index (χ1v) is 7.04. The standard InChI is InChI=1S/C15H23NO4/c1-11-13(14(17)19-3)9-12(20-11)10-16-7-4-5-15(2,18)6-8-16/h9,18H,4-8,10H2,1-3H3. The molecule has 1 unspecified atom stereocenters. The minimum absolute atomic E-state index is 0.365. The molecular formula is C15H23NO4. The van der Waals surface area contributed by atoms with E-state index in [0.29, 0.717) is 17.9 Å². The van der Waals surface area contributed by atoms with Crippen LogP contribution in [0.25, 0.3) is 0 Å². The van der Waals surface area contributed by atoms with Gasteiger partial charge in [0.1, 0.15) is 17.1 Å². The predicted octanol–water partition coefficient (Wildman–Crippen LogP) is 2.11. The minimum atomic E-state index is -0.564. The number of furan rings is 1. The number of carbonyl (C=O) groups excluding carboxylic acids is 1. The molecule has 1 atom stereocenters. The molecule has 0 spiro atoms. The number of likely N-dealkylation sites (tertiary alicyclic amines) is 1. The lowest BCUT2D eigenvalue weighted by Gasteiger charge is -2.21. The predicted molar refractivity (Wildman–Crippen MR) is 74.5 cm³/mol. The Morgan fingerprint density at radius 3 is 2.95 bits per heavy atom. The number of methoxy groups -OCH3 is 1. The fourth-order valence-electron chi connectivity index (χ4n) is 2.63. The number of aryl methyl sites for hydroxylation is 1. The number of esters is 1. The Labute approximate surface area is 119 Å². The fraction of sp³-hybridized carbons (Fsp3) is 0.667. The zero-order chi connectivity index (χ0) is 14.8. The van der Waals surface area contributed by atoms with Gasteiger partial charge in [0.2, 0.25) is 0 Å². The Morgan fingerprint density at radius 2 is 2.25 bits per heavy atom. The van der Waals surface area contributed by atoms with Crippen LogP contribution in [0.4, 0.5) is 0 Å². The molecule has 2 heterocycles. The first-order chi connectivity index (χ1) is 9.41. The number of carbonyl (C=O) groups is 1. The lowest BCUT2D eigenvalue weighted by atomic mass is 9.98. The Hall–Kier alpha value is -1.33. The van der Waals surface area contributed by atoms with E-state index in [1.54, 1.807) is 13.0 Å². The first kappa shape index (κ1) is 15.1. The molecule has 0 amide bonds. The quantitative estimate of drug-likeness (QED) is 0.860. The van der Waals surface area contributed by atoms with Crippen LogP contribution in [0.1, 0.15) is 48.1 Å². The van der Waals surface area contributed by atoms with Crippen molar-refractivity contribution in [3.63, 3.8) is 0 Å². The Kier molecular flexibility index (Phi) is 4.50. The lowest BCUT2D eigenvalue weighted by molar-refractivity contribution is 0.0441. The maximum atomic E-state index is 11.6. The van der Waals surface area contributed by atoms with Crippen LogP contribution in [0.3, 0.4) is 0 Å². The molecule has 0 aliphatic carbocycles. The summed E-state index contributed by atoms with van der Waals surface area (Å²) in [4.78, 5) is 13.8. The summed E-state index contributed by atoms with van der Waals surface area (Å²) in [7, 11) is 1.37. The third kappa shape index (κ3) is 3.61. The average Bonchev–Trinajstić information content (AvgIpc) is 2.66. The van der Waals surface area contributed by atoms with E-state index >= 15 is 0 Å². The van der Waals surface area contributed by atoms with E-state index in [2.05, 4.69) is 4.90 Å². The molecule has 20 heavy (non-hydrogen) atoms. The van der Waals surface area contributed by atoms with Crippen molar-refractivity contribution in [1.29, 1.82) is 0 Å². The van der Waals surface area contributed by atoms with Crippen LogP contribution in [0.15, 0.2) is 10.5 Å². The van der Waals surface area contributed by atoms with Crippen LogP contribution in [0, 0.1) is 6.92 Å². The van der Waals surface area contributed by atoms with Crippen molar-refractivity contribution in [3.8, 4) is 0 Å². The molecule has 1 aliphatic rings. The minimum Gasteiger partial charge on any atom is -0.465 e. The van der Waals surface area contributed by atoms with Gasteiger partial charge in [0.25, 0.3) is 0 Å². The van der Waals surface area contributed by atoms with E-state index in [1.165, 1.54) is 7.11 Å². The summed E-state index contributed by atoms with van der Waals surface area (Å²) in [6.07, 6.45) is 2.56. The van der Waals surface area contributed by atoms with E-state index < -0.39 is 5.60 Å². The fourth-order valence-corrected chi connectivity index (χ4v) is 2.63. The van der Waals surface area contributed by atoms with Crippen LogP contribution in [0.2, 0.25) is 0 Å². The van der Waals surface area contributed by atoms with Crippen LogP contribution < -0.4 is 0 Å². The number of rotatable bonds is 3. The number of ether oxygens (including phenoxy) is 1. The van der Waals surface area contributed by atoms with E-state index in [0.717, 1.165) is 38.1 Å². The van der Waals surface area contributed by atoms with Gasteiger partial charge >= 0.3 is 5.97 Å². The summed E-state index contributed by atoms with van der Waals surface area (Å²) in [6.45, 7) is 6.09. The molecule has 1 aromatic heterocycles. The third-order valence-electron chi connectivity index (χ3n) is 3.91. The highest BCUT2D eigenvalue weighted by molar-refractivity contribution is 5.90. The van der Waals surface area contributed by atoms with Gasteiger partial charge in [0.05, 0.1) is 19.3 Å². The molecule has 2 rings (SSSR count). The Balaban J connectivity index is 2.01. The highest BCUT2D eigenvalue weighted by Gasteiger charge is 2.25. The number of hydrogen-bond donors (Lipinski definition) is 1. The van der Waals surface area contributed by atoms with Gasteiger partial charge in [-0.05, 0) is 45.7 Å². The van der Waals surface area contributed by atoms with Gasteiger partial charge in [0.15, 0.2) is 0 Å². The molecule has 112 valence electrons. The molecule has 5 nitrogen and oxygen atoms in total. The van der Waals surface area contributed by atoms with E-state index in [4.69, 9.17) is 9.15 Å². The molecule has 1 saturated heterocycles. The van der Waals surface area contributed by atoms with E-state index in [9.17, 15) is 9.90 Å². The number of aliphatic hydroxyl groups is 1. The van der Waals surface area contributed by atoms with Crippen molar-refractivity contribution in [1.82, 2.24) is 4.90 Å². The van der Waals surface area contributed by atoms with Gasteiger partial charge in [-0.25, -0.2) is 4.79 Å². The van der Waals surface area contributed by atoms with Gasteiger partial charge in [-0.3, -0.25) is 4.90 Å². The smallest absolute Gasteiger partial charge is 0.341 e. The van der Waals surface area contributed by atoms with Crippen molar-refractivity contribution >= 4 is 5.97 Å². The van der Waals surface area contributed by atoms with Crippen LogP contribution in [-0.4, -0.2) is 41.8 Å². The summed E-state index contributed by atoms with van der Waals surface area (Å²) in [5.41, 5.74) is -0.0744. The molecule has 0 bridgehead atoms. The summed E-state index contributed by atoms with van der Waals surface area (Å²) in [5.74, 6) is 0.995. The summed E-state index contributed by atoms with van der Waals surface area (Å²) >= 11 is 0. The van der Waals surface area contributed by atoms with Crippen LogP contribution >= 0.6 is 0 Å². The molecule has 1 aliphatic heterocycles. The third-order valence-corrected chi connectivity index (χ3v) is 3.91. The maximum absolute atomic E-state index is 11.6. The molecular weight excluding hydrogens is 258 g/mol. The normalized spacial score (nSPS) is 24.4. The number of nitrogens with zero attached hydrogens (tertiary/aromatic N) is 1. The molecule has 1 N–H and O–H groups in total. The van der Waals surface area contributed by atoms with Crippen molar-refractivity contribution < 1.29 is 19.1 Å². The highest BCUT2D eigenvalue weighted by Crippen LogP contribution is 2.23. The molecule has 1 fully saturated rings. The molecule has 0 aromatic carbocycles. The average molecular weight is 281 g/mol. The second kappa shape index (κ2) is 5.97. The van der Waals surface area contributed by atoms with E-state index in [-0.39, 0.29) is 5.97 Å². The van der Waals surface area contributed by atoms with Crippen molar-refractivity contribution in [2.24, 2.45) is 0 Å². The monoisotopic (exact) mass is 281 g/mol. The first-order valence-electron chi connectivity index (χ1n) is 7.04. The van der Waals surface area contributed by atoms with Crippen LogP contribution in [0.5, 0.6) is 0 Å². The molecule has 0 saturated carbocycles. The van der Waals surface area contributed by atoms with Gasteiger partial charge in [-0.15, -0.1) is 0 Å². The van der Waals surface area contributed by atoms with Gasteiger partial charge in [-0.1, -0.05) is 0 Å². The summed E-state index contributed by atoms with van der Waals surface area (Å²) < 4.78 is 10.4. The lowest BCUT2D eigenvalue weighted by Crippen LogP contribution is -2.28. The van der Waals surface area contributed by atoms with Gasteiger partial charge in [0, 0.05) is 6.54 Å². The molecule has 0 radical (unpaired) electrons. The highest BCUT2D eigenvalue weighted by atomic mass is 16.5. The zero-order valence-electron chi connectivity index (χ0n) is 12.4. The van der Waals surface area contributed by atoms with Gasteiger partial charge in [-0.2, -0.15) is 0 Å². The second-order valence-electron chi connectivity index (χ2n) is 5.80. The zero-order valence-corrected chi connectivity index (χ0v) is 12.4.